The summed E-state index contributed by atoms with van der Waals surface area (Å²) in [5, 5.41) is 11.6. The van der Waals surface area contributed by atoms with Gasteiger partial charge in [0.05, 0.1) is 0 Å². The van der Waals surface area contributed by atoms with Gasteiger partial charge in [0.15, 0.2) is 0 Å². The number of nitrogens with one attached hydrogen (secondary N) is 4. The largest absolute Gasteiger partial charge is 1.00 e. The molecule has 0 unspecified atom stereocenters. The van der Waals surface area contributed by atoms with E-state index < -0.39 is 0 Å². The van der Waals surface area contributed by atoms with Gasteiger partial charge in [-0.15, -0.1) is 0 Å². The highest BCUT2D eigenvalue weighted by Crippen LogP contribution is 2.05. The van der Waals surface area contributed by atoms with E-state index in [-0.39, 0.29) is 18.8 Å². The van der Waals surface area contributed by atoms with Crippen molar-refractivity contribution >= 4 is 6.09 Å². The standard InChI is InChI=1S/3C8H11N.C6H13NO2.C2H6.3CH5N.4H2/c3*1-9-7-8-5-3-2-4-6-8;1-6(2,3)9-5(8)7-4;4*1-2;;;;/h3*2-6,9H,7H2,1H3;1-4H3,(H,7,8);1-2H3;3*2H2,1H3;4*1H/p+1/i;;;;;;;;4*1+1. The fraction of sp³-hybridized carbons (Fsp3) is 0.457. The maximum atomic E-state index is 10.5. The number of amides is 1. The Kier molecular flexibility index (Phi) is 47.8. The first-order valence-corrected chi connectivity index (χ1v) is 14.9. The van der Waals surface area contributed by atoms with E-state index in [2.05, 4.69) is 74.9 Å². The topological polar surface area (TPSA) is 152 Å². The monoisotopic (exact) mass is 631 g/mol. The normalized spacial score (nSPS) is 8.52. The molecule has 0 heterocycles. The molecular formula is C35H76N7O2+. The van der Waals surface area contributed by atoms with Crippen molar-refractivity contribution in [1.29, 1.82) is 0 Å². The van der Waals surface area contributed by atoms with Crippen LogP contribution in [0.5, 0.6) is 0 Å². The second kappa shape index (κ2) is 41.8. The molecule has 0 radical (unpaired) electrons. The average molecular weight is 631 g/mol. The third-order valence-electron chi connectivity index (χ3n) is 4.27. The Hall–Kier alpha value is -3.31. The average Bonchev–Trinajstić information content (AvgIpc) is 3.07. The number of ether oxygens (including phenoxy) is 1. The molecule has 3 aromatic carbocycles. The first kappa shape index (κ1) is 50.3. The number of alkyl carbamates (subject to hydrolysis) is 1. The lowest BCUT2D eigenvalue weighted by atomic mass is 10.2. The second-order valence-corrected chi connectivity index (χ2v) is 8.80. The lowest BCUT2D eigenvalue weighted by Crippen LogP contribution is -2.30. The minimum atomic E-state index is -0.389. The zero-order valence-corrected chi connectivity index (χ0v) is 29.8. The second-order valence-electron chi connectivity index (χ2n) is 8.80. The number of nitrogens with two attached hydrogens (primary N) is 3. The fourth-order valence-corrected chi connectivity index (χ4v) is 2.73. The number of carbonyl (C=O) groups excluding carboxylic acids is 1. The molecule has 0 aliphatic heterocycles. The van der Waals surface area contributed by atoms with Crippen molar-refractivity contribution in [3.63, 3.8) is 0 Å². The van der Waals surface area contributed by atoms with Gasteiger partial charge in [-0.05, 0) is 79.7 Å². The Morgan fingerprint density at radius 2 is 0.818 bits per heavy atom. The summed E-state index contributed by atoms with van der Waals surface area (Å²) in [6.45, 7) is 12.3. The van der Waals surface area contributed by atoms with Crippen LogP contribution in [-0.2, 0) is 24.4 Å². The Balaban J connectivity index is -0.0000000468. The molecule has 3 rings (SSSR count). The summed E-state index contributed by atoms with van der Waals surface area (Å²) in [5.41, 5.74) is 17.1. The number of benzene rings is 3. The molecule has 0 bridgehead atoms. The van der Waals surface area contributed by atoms with Crippen molar-refractivity contribution in [1.82, 2.24) is 21.3 Å². The zero-order valence-electron chi connectivity index (χ0n) is 30.8. The van der Waals surface area contributed by atoms with Crippen LogP contribution in [-0.4, -0.2) is 61.0 Å². The summed E-state index contributed by atoms with van der Waals surface area (Å²) >= 11 is 0. The maximum Gasteiger partial charge on any atom is 1.00 e. The molecule has 44 heavy (non-hydrogen) atoms. The summed E-state index contributed by atoms with van der Waals surface area (Å²) in [7, 11) is 11.9. The van der Waals surface area contributed by atoms with Crippen molar-refractivity contribution in [2.75, 3.05) is 49.3 Å². The molecule has 0 fully saturated rings. The van der Waals surface area contributed by atoms with Crippen LogP contribution in [0.15, 0.2) is 91.0 Å². The first-order chi connectivity index (χ1) is 21.3. The van der Waals surface area contributed by atoms with Gasteiger partial charge in [0.1, 0.15) is 5.60 Å². The van der Waals surface area contributed by atoms with E-state index >= 15 is 0 Å². The number of carbonyl (C=O) groups is 1. The summed E-state index contributed by atoms with van der Waals surface area (Å²) in [6, 6.07) is 31.0. The molecule has 10 N–H and O–H groups in total. The lowest BCUT2D eigenvalue weighted by Gasteiger charge is -2.18. The van der Waals surface area contributed by atoms with Gasteiger partial charge in [0.2, 0.25) is 0 Å². The van der Waals surface area contributed by atoms with E-state index in [9.17, 15) is 4.79 Å². The molecule has 262 valence electrons. The Morgan fingerprint density at radius 3 is 0.955 bits per heavy atom. The van der Waals surface area contributed by atoms with Gasteiger partial charge in [-0.3, -0.25) is 0 Å². The third kappa shape index (κ3) is 40.8. The van der Waals surface area contributed by atoms with Crippen molar-refractivity contribution in [2.45, 2.75) is 59.9 Å². The molecule has 0 saturated carbocycles. The molecule has 0 atom stereocenters. The van der Waals surface area contributed by atoms with Gasteiger partial charge in [0, 0.05) is 32.4 Å². The van der Waals surface area contributed by atoms with Crippen LogP contribution in [0.2, 0.25) is 0 Å². The molecule has 1 amide bonds. The van der Waals surface area contributed by atoms with Gasteiger partial charge in [-0.25, -0.2) is 4.79 Å². The summed E-state index contributed by atoms with van der Waals surface area (Å²) < 4.78 is 4.84. The number of hydrogen-bond acceptors (Lipinski definition) is 8. The number of rotatable bonds is 6. The molecule has 9 heteroatoms. The van der Waals surface area contributed by atoms with Gasteiger partial charge < -0.3 is 43.2 Å². The van der Waals surface area contributed by atoms with E-state index in [0.29, 0.717) is 0 Å². The van der Waals surface area contributed by atoms with E-state index in [4.69, 9.17) is 4.74 Å². The van der Waals surface area contributed by atoms with E-state index in [1.807, 2.05) is 110 Å². The van der Waals surface area contributed by atoms with Crippen LogP contribution in [0, 0.1) is 0 Å². The molecule has 0 saturated heterocycles. The van der Waals surface area contributed by atoms with Gasteiger partial charge in [0.25, 0.3) is 0 Å². The fourth-order valence-electron chi connectivity index (χ4n) is 2.73. The van der Waals surface area contributed by atoms with Gasteiger partial charge >= 0.3 is 7.52 Å². The predicted molar refractivity (Wildman–Crippen MR) is 204 cm³/mol. The third-order valence-corrected chi connectivity index (χ3v) is 4.27. The molecular weight excluding hydrogens is 550 g/mol. The first-order valence-electron chi connectivity index (χ1n) is 14.9. The highest BCUT2D eigenvalue weighted by atomic mass is 16.6. The zero-order chi connectivity index (χ0) is 35.1. The van der Waals surface area contributed by atoms with E-state index in [1.54, 1.807) is 0 Å². The highest BCUT2D eigenvalue weighted by Gasteiger charge is 2.13. The molecule has 3 aromatic rings. The van der Waals surface area contributed by atoms with Crippen LogP contribution in [0.25, 0.3) is 0 Å². The molecule has 9 nitrogen and oxygen atoms in total. The highest BCUT2D eigenvalue weighted by molar-refractivity contribution is 5.67. The van der Waals surface area contributed by atoms with Crippen molar-refractivity contribution < 1.29 is 16.7 Å². The van der Waals surface area contributed by atoms with E-state index in [1.165, 1.54) is 44.9 Å². The molecule has 0 aromatic heterocycles. The minimum absolute atomic E-state index is 0. The van der Waals surface area contributed by atoms with Crippen LogP contribution < -0.4 is 38.5 Å². The minimum Gasteiger partial charge on any atom is -0.444 e. The van der Waals surface area contributed by atoms with Gasteiger partial charge in [-0.1, -0.05) is 105 Å². The van der Waals surface area contributed by atoms with Crippen molar-refractivity contribution in [3.05, 3.63) is 108 Å². The molecule has 0 aliphatic carbocycles. The summed E-state index contributed by atoms with van der Waals surface area (Å²) in [5.74, 6) is 0. The molecule has 0 aliphatic rings. The maximum absolute atomic E-state index is 10.5. The van der Waals surface area contributed by atoms with Crippen molar-refractivity contribution in [2.24, 2.45) is 17.2 Å². The van der Waals surface area contributed by atoms with Crippen LogP contribution in [0.3, 0.4) is 0 Å². The Morgan fingerprint density at radius 1 is 0.591 bits per heavy atom. The SMILES string of the molecule is CC.CN.CN.CN.CNC(=O)OC(C)(C)C.CNCc1ccccc1.CNCc1ccccc1.CNCc1ccccc1.[2HH].[2HH].[2HH].[2HH].[H+]. The Bertz CT molecular complexity index is 818. The quantitative estimate of drug-likeness (QED) is 0.170. The molecule has 0 spiro atoms. The van der Waals surface area contributed by atoms with Crippen LogP contribution in [0.1, 0.15) is 58.4 Å². The lowest BCUT2D eigenvalue weighted by molar-refractivity contribution is 0.0541. The summed E-state index contributed by atoms with van der Waals surface area (Å²) in [6.07, 6.45) is -0.387. The van der Waals surface area contributed by atoms with Crippen LogP contribution in [0.4, 0.5) is 4.79 Å². The summed E-state index contributed by atoms with van der Waals surface area (Å²) in [4.78, 5) is 10.5. The smallest absolute Gasteiger partial charge is 0.444 e. The van der Waals surface area contributed by atoms with Crippen molar-refractivity contribution in [3.8, 4) is 0 Å². The Labute approximate surface area is 278 Å². The van der Waals surface area contributed by atoms with E-state index in [0.717, 1.165) is 19.6 Å². The number of hydrogen-bond donors (Lipinski definition) is 7. The van der Waals surface area contributed by atoms with Crippen LogP contribution >= 0.6 is 0 Å². The van der Waals surface area contributed by atoms with Gasteiger partial charge in [-0.2, -0.15) is 0 Å². The predicted octanol–water partition coefficient (Wildman–Crippen LogP) is 6.21.